The molecule has 0 bridgehead atoms. The molecule has 1 aromatic carbocycles. The molecule has 182 valence electrons. The molecule has 9 nitrogen and oxygen atoms in total. The Morgan fingerprint density at radius 2 is 1.74 bits per heavy atom. The smallest absolute Gasteiger partial charge is 0.393 e. The number of nitrogens with one attached hydrogen (secondary N) is 1. The van der Waals surface area contributed by atoms with Crippen LogP contribution in [0.2, 0.25) is 5.02 Å². The number of fused-ring (bicyclic) bond motifs is 1. The number of pyridine rings is 2. The fourth-order valence-corrected chi connectivity index (χ4v) is 4.15. The molecule has 3 heterocycles. The number of aliphatic hydroxyl groups excluding tert-OH is 2. The van der Waals surface area contributed by atoms with Gasteiger partial charge in [0.2, 0.25) is 0 Å². The van der Waals surface area contributed by atoms with Gasteiger partial charge in [0, 0.05) is 29.2 Å². The van der Waals surface area contributed by atoms with E-state index >= 15 is 0 Å². The number of anilines is 2. The number of aliphatic hydroxyl groups is 2. The average Bonchev–Trinajstić information content (AvgIpc) is 2.83. The van der Waals surface area contributed by atoms with Gasteiger partial charge in [-0.15, -0.1) is 0 Å². The summed E-state index contributed by atoms with van der Waals surface area (Å²) in [6.07, 6.45) is 2.97. The van der Waals surface area contributed by atoms with Crippen molar-refractivity contribution in [3.8, 4) is 11.3 Å². The average molecular weight is 526 g/mol. The lowest BCUT2D eigenvalue weighted by atomic mass is 10.1. The van der Waals surface area contributed by atoms with E-state index in [1.165, 1.54) is 36.9 Å². The van der Waals surface area contributed by atoms with Crippen LogP contribution in [0.1, 0.15) is 11.7 Å². The van der Waals surface area contributed by atoms with Crippen molar-refractivity contribution in [2.45, 2.75) is 16.5 Å². The minimum atomic E-state index is -5.45. The summed E-state index contributed by atoms with van der Waals surface area (Å²) in [5, 5.41) is 21.9. The van der Waals surface area contributed by atoms with Crippen molar-refractivity contribution < 1.29 is 31.8 Å². The number of alkyl halides is 3. The topological polar surface area (TPSA) is 138 Å². The lowest BCUT2D eigenvalue weighted by Crippen LogP contribution is -2.23. The fraction of sp³-hybridized carbons (Fsp3) is 0.143. The molecule has 3 N–H and O–H groups in total. The molecule has 0 aliphatic rings. The predicted octanol–water partition coefficient (Wildman–Crippen LogP) is 3.80. The van der Waals surface area contributed by atoms with Crippen molar-refractivity contribution in [1.82, 2.24) is 19.9 Å². The number of rotatable bonds is 6. The number of sulfone groups is 1. The lowest BCUT2D eigenvalue weighted by Gasteiger charge is -2.12. The summed E-state index contributed by atoms with van der Waals surface area (Å²) in [4.78, 5) is 16.0. The van der Waals surface area contributed by atoms with Crippen LogP contribution in [-0.4, -0.2) is 50.7 Å². The first-order valence-electron chi connectivity index (χ1n) is 9.75. The largest absolute Gasteiger partial charge is 0.501 e. The molecule has 1 atom stereocenters. The number of hydrogen-bond donors (Lipinski definition) is 3. The van der Waals surface area contributed by atoms with Crippen LogP contribution in [0.4, 0.5) is 24.7 Å². The third-order valence-electron chi connectivity index (χ3n) is 4.90. The monoisotopic (exact) mass is 525 g/mol. The van der Waals surface area contributed by atoms with Crippen molar-refractivity contribution in [2.75, 3.05) is 11.9 Å². The molecule has 0 unspecified atom stereocenters. The summed E-state index contributed by atoms with van der Waals surface area (Å²) in [6, 6.07) is 7.14. The minimum absolute atomic E-state index is 0.220. The molecular weight excluding hydrogens is 511 g/mol. The highest BCUT2D eigenvalue weighted by atomic mass is 35.5. The first-order valence-corrected chi connectivity index (χ1v) is 11.6. The molecule has 3 aromatic heterocycles. The van der Waals surface area contributed by atoms with Gasteiger partial charge in [-0.3, -0.25) is 4.98 Å². The van der Waals surface area contributed by atoms with Gasteiger partial charge in [0.25, 0.3) is 9.84 Å². The van der Waals surface area contributed by atoms with Gasteiger partial charge < -0.3 is 15.5 Å². The molecule has 0 radical (unpaired) electrons. The summed E-state index contributed by atoms with van der Waals surface area (Å²) in [5.74, 6) is 0.230. The zero-order valence-corrected chi connectivity index (χ0v) is 19.0. The van der Waals surface area contributed by atoms with Crippen LogP contribution >= 0.6 is 11.6 Å². The Labute approximate surface area is 201 Å². The lowest BCUT2D eigenvalue weighted by molar-refractivity contribution is -0.0436. The first-order chi connectivity index (χ1) is 16.5. The molecule has 0 amide bonds. The maximum atomic E-state index is 12.7. The van der Waals surface area contributed by atoms with Crippen molar-refractivity contribution >= 4 is 44.0 Å². The van der Waals surface area contributed by atoms with Gasteiger partial charge in [0.05, 0.1) is 27.7 Å². The minimum Gasteiger partial charge on any atom is -0.393 e. The summed E-state index contributed by atoms with van der Waals surface area (Å²) < 4.78 is 61.2. The van der Waals surface area contributed by atoms with E-state index in [2.05, 4.69) is 25.3 Å². The van der Waals surface area contributed by atoms with E-state index in [4.69, 9.17) is 16.7 Å². The van der Waals surface area contributed by atoms with Crippen LogP contribution in [0.15, 0.2) is 60.0 Å². The molecule has 14 heteroatoms. The number of benzene rings is 1. The van der Waals surface area contributed by atoms with Gasteiger partial charge >= 0.3 is 5.51 Å². The predicted molar refractivity (Wildman–Crippen MR) is 121 cm³/mol. The summed E-state index contributed by atoms with van der Waals surface area (Å²) in [7, 11) is -5.45. The summed E-state index contributed by atoms with van der Waals surface area (Å²) >= 11 is 6.29. The Hall–Kier alpha value is -3.39. The van der Waals surface area contributed by atoms with Crippen LogP contribution in [0, 0.1) is 0 Å². The zero-order chi connectivity index (χ0) is 25.4. The van der Waals surface area contributed by atoms with E-state index in [1.54, 1.807) is 6.07 Å². The molecule has 35 heavy (non-hydrogen) atoms. The second-order valence-electron chi connectivity index (χ2n) is 7.21. The van der Waals surface area contributed by atoms with Gasteiger partial charge in [-0.1, -0.05) is 11.6 Å². The maximum absolute atomic E-state index is 12.7. The molecule has 4 aromatic rings. The van der Waals surface area contributed by atoms with Gasteiger partial charge in [0.1, 0.15) is 17.9 Å². The molecule has 0 saturated carbocycles. The van der Waals surface area contributed by atoms with Gasteiger partial charge in [-0.25, -0.2) is 23.4 Å². The van der Waals surface area contributed by atoms with Crippen molar-refractivity contribution in [3.05, 3.63) is 65.7 Å². The van der Waals surface area contributed by atoms with E-state index in [-0.39, 0.29) is 16.5 Å². The van der Waals surface area contributed by atoms with E-state index in [9.17, 15) is 26.7 Å². The van der Waals surface area contributed by atoms with Crippen LogP contribution < -0.4 is 5.32 Å². The quantitative estimate of drug-likeness (QED) is 0.343. The third-order valence-corrected chi connectivity index (χ3v) is 6.69. The SMILES string of the molecule is O=S(=O)(c1ccc(Nc2ncnc3cc(-c4ncc([C@@H](O)CO)cc4Cl)cnc23)cc1)C(F)(F)F. The Bertz CT molecular complexity index is 1500. The summed E-state index contributed by atoms with van der Waals surface area (Å²) in [6.45, 7) is -0.484. The Balaban J connectivity index is 1.63. The second-order valence-corrected chi connectivity index (χ2v) is 9.56. The summed E-state index contributed by atoms with van der Waals surface area (Å²) in [5.41, 5.74) is -3.18. The molecule has 0 saturated heterocycles. The molecule has 0 aliphatic carbocycles. The van der Waals surface area contributed by atoms with Crippen molar-refractivity contribution in [2.24, 2.45) is 0 Å². The third kappa shape index (κ3) is 4.89. The molecule has 0 aliphatic heterocycles. The zero-order valence-electron chi connectivity index (χ0n) is 17.4. The van der Waals surface area contributed by atoms with Gasteiger partial charge in [-0.05, 0) is 36.4 Å². The number of halogens is 4. The second kappa shape index (κ2) is 9.34. The Kier molecular flexibility index (Phi) is 6.60. The van der Waals surface area contributed by atoms with Crippen molar-refractivity contribution in [3.63, 3.8) is 0 Å². The molecule has 0 spiro atoms. The van der Waals surface area contributed by atoms with E-state index in [0.29, 0.717) is 27.9 Å². The standard InChI is InChI=1S/C21H15ClF3N5O4S/c22-15-5-11(17(32)9-31)7-26-18(15)12-6-16-19(27-8-12)20(29-10-28-16)30-13-1-3-14(4-2-13)35(33,34)21(23,24)25/h1-8,10,17,31-32H,9H2,(H,28,29,30)/t17-/m0/s1. The van der Waals surface area contributed by atoms with Gasteiger partial charge in [0.15, 0.2) is 5.82 Å². The maximum Gasteiger partial charge on any atom is 0.501 e. The molecule has 0 fully saturated rings. The van der Waals surface area contributed by atoms with E-state index in [0.717, 1.165) is 12.1 Å². The highest BCUT2D eigenvalue weighted by Crippen LogP contribution is 2.32. The van der Waals surface area contributed by atoms with Crippen LogP contribution in [0.25, 0.3) is 22.3 Å². The Morgan fingerprint density at radius 3 is 2.37 bits per heavy atom. The van der Waals surface area contributed by atoms with Crippen LogP contribution in [0.5, 0.6) is 0 Å². The van der Waals surface area contributed by atoms with E-state index < -0.39 is 33.0 Å². The fourth-order valence-electron chi connectivity index (χ4n) is 3.11. The molecule has 4 rings (SSSR count). The molecular formula is C21H15ClF3N5O4S. The highest BCUT2D eigenvalue weighted by Gasteiger charge is 2.46. The first kappa shape index (κ1) is 24.7. The number of nitrogens with zero attached hydrogens (tertiary/aromatic N) is 4. The Morgan fingerprint density at radius 1 is 1.03 bits per heavy atom. The van der Waals surface area contributed by atoms with Crippen LogP contribution in [-0.2, 0) is 9.84 Å². The normalized spacial score (nSPS) is 13.1. The van der Waals surface area contributed by atoms with Crippen molar-refractivity contribution in [1.29, 1.82) is 0 Å². The van der Waals surface area contributed by atoms with Crippen LogP contribution in [0.3, 0.4) is 0 Å². The van der Waals surface area contributed by atoms with E-state index in [1.807, 2.05) is 0 Å². The highest BCUT2D eigenvalue weighted by molar-refractivity contribution is 7.92. The van der Waals surface area contributed by atoms with Gasteiger partial charge in [-0.2, -0.15) is 13.2 Å². The number of hydrogen-bond acceptors (Lipinski definition) is 9. The number of aromatic nitrogens is 4.